The highest BCUT2D eigenvalue weighted by Crippen LogP contribution is 2.24. The van der Waals surface area contributed by atoms with E-state index >= 15 is 0 Å². The molecule has 1 saturated heterocycles. The van der Waals surface area contributed by atoms with Crippen LogP contribution in [0.1, 0.15) is 18.6 Å². The Bertz CT molecular complexity index is 598. The van der Waals surface area contributed by atoms with Crippen molar-refractivity contribution in [3.8, 4) is 11.3 Å². The number of likely N-dealkylation sites (tertiary alicyclic amines) is 1. The number of benzene rings is 1. The van der Waals surface area contributed by atoms with E-state index in [1.807, 2.05) is 42.5 Å². The molecule has 21 heavy (non-hydrogen) atoms. The van der Waals surface area contributed by atoms with Crippen LogP contribution in [0.3, 0.4) is 0 Å². The van der Waals surface area contributed by atoms with Crippen LogP contribution >= 0.6 is 0 Å². The van der Waals surface area contributed by atoms with Crippen molar-refractivity contribution in [1.29, 1.82) is 0 Å². The van der Waals surface area contributed by atoms with E-state index in [1.165, 1.54) is 0 Å². The molecule has 1 aliphatic rings. The number of carbonyl (C=O) groups is 1. The largest absolute Gasteiger partial charge is 0.481 e. The lowest BCUT2D eigenvalue weighted by Gasteiger charge is -2.29. The van der Waals surface area contributed by atoms with Gasteiger partial charge in [0.15, 0.2) is 0 Å². The van der Waals surface area contributed by atoms with Crippen LogP contribution in [0, 0.1) is 5.92 Å². The van der Waals surface area contributed by atoms with E-state index in [1.54, 1.807) is 0 Å². The van der Waals surface area contributed by atoms with E-state index in [2.05, 4.69) is 4.90 Å². The van der Waals surface area contributed by atoms with Crippen LogP contribution in [-0.2, 0) is 11.3 Å². The third-order valence-corrected chi connectivity index (χ3v) is 4.04. The van der Waals surface area contributed by atoms with Gasteiger partial charge in [-0.1, -0.05) is 30.3 Å². The van der Waals surface area contributed by atoms with Gasteiger partial charge in [-0.2, -0.15) is 0 Å². The average molecular weight is 285 g/mol. The summed E-state index contributed by atoms with van der Waals surface area (Å²) in [7, 11) is 0. The zero-order chi connectivity index (χ0) is 14.7. The van der Waals surface area contributed by atoms with E-state index in [4.69, 9.17) is 9.52 Å². The van der Waals surface area contributed by atoms with Gasteiger partial charge in [-0.05, 0) is 38.1 Å². The lowest BCUT2D eigenvalue weighted by Crippen LogP contribution is -2.35. The highest BCUT2D eigenvalue weighted by Gasteiger charge is 2.24. The lowest BCUT2D eigenvalue weighted by molar-refractivity contribution is -0.143. The standard InChI is InChI=1S/C17H19NO3/c19-17(20)14-8-10-18(11-9-14)12-15-6-7-16(21-15)13-4-2-1-3-5-13/h1-7,14H,8-12H2,(H,19,20). The molecule has 0 atom stereocenters. The minimum atomic E-state index is -0.668. The molecule has 0 saturated carbocycles. The average Bonchev–Trinajstić information content (AvgIpc) is 2.97. The summed E-state index contributed by atoms with van der Waals surface area (Å²) in [4.78, 5) is 13.2. The lowest BCUT2D eigenvalue weighted by atomic mass is 9.97. The number of hydrogen-bond donors (Lipinski definition) is 1. The first-order valence-electron chi connectivity index (χ1n) is 7.31. The zero-order valence-electron chi connectivity index (χ0n) is 11.9. The quantitative estimate of drug-likeness (QED) is 0.937. The molecule has 2 heterocycles. The van der Waals surface area contributed by atoms with Crippen LogP contribution in [0.4, 0.5) is 0 Å². The van der Waals surface area contributed by atoms with Crippen molar-refractivity contribution >= 4 is 5.97 Å². The monoisotopic (exact) mass is 285 g/mol. The van der Waals surface area contributed by atoms with Crippen molar-refractivity contribution in [1.82, 2.24) is 4.90 Å². The van der Waals surface area contributed by atoms with Gasteiger partial charge in [-0.3, -0.25) is 9.69 Å². The molecule has 0 spiro atoms. The van der Waals surface area contributed by atoms with Crippen LogP contribution in [-0.4, -0.2) is 29.1 Å². The molecule has 2 aromatic rings. The van der Waals surface area contributed by atoms with Gasteiger partial charge < -0.3 is 9.52 Å². The molecule has 0 unspecified atom stereocenters. The Morgan fingerprint density at radius 1 is 1.14 bits per heavy atom. The summed E-state index contributed by atoms with van der Waals surface area (Å²) in [6, 6.07) is 14.0. The Labute approximate surface area is 124 Å². The van der Waals surface area contributed by atoms with E-state index in [9.17, 15) is 4.79 Å². The van der Waals surface area contributed by atoms with Crippen LogP contribution in [0.15, 0.2) is 46.9 Å². The van der Waals surface area contributed by atoms with Crippen molar-refractivity contribution in [2.75, 3.05) is 13.1 Å². The Morgan fingerprint density at radius 3 is 2.52 bits per heavy atom. The van der Waals surface area contributed by atoms with E-state index in [0.717, 1.165) is 49.6 Å². The van der Waals surface area contributed by atoms with Crippen LogP contribution in [0.25, 0.3) is 11.3 Å². The first kappa shape index (κ1) is 13.9. The normalized spacial score (nSPS) is 17.0. The number of furan rings is 1. The van der Waals surface area contributed by atoms with Gasteiger partial charge in [0.1, 0.15) is 11.5 Å². The smallest absolute Gasteiger partial charge is 0.306 e. The topological polar surface area (TPSA) is 53.7 Å². The van der Waals surface area contributed by atoms with Crippen molar-refractivity contribution < 1.29 is 14.3 Å². The minimum absolute atomic E-state index is 0.183. The van der Waals surface area contributed by atoms with E-state index in [-0.39, 0.29) is 5.92 Å². The Kier molecular flexibility index (Phi) is 4.06. The second kappa shape index (κ2) is 6.14. The molecule has 1 fully saturated rings. The molecule has 1 aromatic carbocycles. The molecule has 0 aliphatic carbocycles. The molecule has 3 rings (SSSR count). The van der Waals surface area contributed by atoms with Crippen molar-refractivity contribution in [2.24, 2.45) is 5.92 Å². The summed E-state index contributed by atoms with van der Waals surface area (Å²) in [5.74, 6) is 0.963. The van der Waals surface area contributed by atoms with Gasteiger partial charge in [0, 0.05) is 5.56 Å². The molecule has 0 amide bonds. The van der Waals surface area contributed by atoms with Gasteiger partial charge in [0.2, 0.25) is 0 Å². The second-order valence-corrected chi connectivity index (χ2v) is 5.52. The van der Waals surface area contributed by atoms with E-state index in [0.29, 0.717) is 0 Å². The fourth-order valence-corrected chi connectivity index (χ4v) is 2.78. The van der Waals surface area contributed by atoms with E-state index < -0.39 is 5.97 Å². The molecule has 110 valence electrons. The third kappa shape index (κ3) is 3.34. The number of aliphatic carboxylic acids is 1. The molecular weight excluding hydrogens is 266 g/mol. The Hall–Kier alpha value is -2.07. The Morgan fingerprint density at radius 2 is 1.86 bits per heavy atom. The molecule has 0 bridgehead atoms. The van der Waals surface area contributed by atoms with Crippen LogP contribution in [0.2, 0.25) is 0 Å². The fourth-order valence-electron chi connectivity index (χ4n) is 2.78. The van der Waals surface area contributed by atoms with Gasteiger partial charge >= 0.3 is 5.97 Å². The number of nitrogens with zero attached hydrogens (tertiary/aromatic N) is 1. The van der Waals surface area contributed by atoms with Crippen LogP contribution in [0.5, 0.6) is 0 Å². The maximum absolute atomic E-state index is 10.9. The highest BCUT2D eigenvalue weighted by atomic mass is 16.4. The number of hydrogen-bond acceptors (Lipinski definition) is 3. The van der Waals surface area contributed by atoms with Gasteiger partial charge in [0.25, 0.3) is 0 Å². The number of rotatable bonds is 4. The van der Waals surface area contributed by atoms with Gasteiger partial charge in [-0.25, -0.2) is 0 Å². The fraction of sp³-hybridized carbons (Fsp3) is 0.353. The summed E-state index contributed by atoms with van der Waals surface area (Å²) in [5.41, 5.74) is 1.08. The predicted molar refractivity (Wildman–Crippen MR) is 79.8 cm³/mol. The molecule has 1 aromatic heterocycles. The molecule has 4 heteroatoms. The SMILES string of the molecule is O=C(O)C1CCN(Cc2ccc(-c3ccccc3)o2)CC1. The number of piperidine rings is 1. The van der Waals surface area contributed by atoms with Gasteiger partial charge in [0.05, 0.1) is 12.5 Å². The van der Waals surface area contributed by atoms with Crippen molar-refractivity contribution in [3.05, 3.63) is 48.2 Å². The molecule has 4 nitrogen and oxygen atoms in total. The maximum atomic E-state index is 10.9. The first-order valence-corrected chi connectivity index (χ1v) is 7.31. The molecule has 1 aliphatic heterocycles. The first-order chi connectivity index (χ1) is 10.2. The van der Waals surface area contributed by atoms with Crippen molar-refractivity contribution in [2.45, 2.75) is 19.4 Å². The summed E-state index contributed by atoms with van der Waals surface area (Å²) in [5, 5.41) is 9.01. The summed E-state index contributed by atoms with van der Waals surface area (Å²) >= 11 is 0. The summed E-state index contributed by atoms with van der Waals surface area (Å²) < 4.78 is 5.89. The summed E-state index contributed by atoms with van der Waals surface area (Å²) in [6.07, 6.45) is 1.45. The Balaban J connectivity index is 1.60. The van der Waals surface area contributed by atoms with Crippen molar-refractivity contribution in [3.63, 3.8) is 0 Å². The number of carboxylic acids is 1. The third-order valence-electron chi connectivity index (χ3n) is 4.04. The van der Waals surface area contributed by atoms with Gasteiger partial charge in [-0.15, -0.1) is 0 Å². The summed E-state index contributed by atoms with van der Waals surface area (Å²) in [6.45, 7) is 2.38. The maximum Gasteiger partial charge on any atom is 0.306 e. The zero-order valence-corrected chi connectivity index (χ0v) is 11.9. The molecular formula is C17H19NO3. The van der Waals surface area contributed by atoms with Crippen LogP contribution < -0.4 is 0 Å². The highest BCUT2D eigenvalue weighted by molar-refractivity contribution is 5.70. The number of carboxylic acid groups (broad SMARTS) is 1. The second-order valence-electron chi connectivity index (χ2n) is 5.52. The molecule has 1 N–H and O–H groups in total. The molecule has 0 radical (unpaired) electrons. The minimum Gasteiger partial charge on any atom is -0.481 e. The predicted octanol–water partition coefficient (Wildman–Crippen LogP) is 3.24.